The first-order chi connectivity index (χ1) is 38.5. The first kappa shape index (κ1) is 75.8. The number of rotatable bonds is 65. The summed E-state index contributed by atoms with van der Waals surface area (Å²) in [4.78, 5) is 24.5. The molecule has 0 spiro atoms. The number of aliphatic hydroxyl groups is 2. The lowest BCUT2D eigenvalue weighted by Gasteiger charge is -2.20. The Labute approximate surface area is 486 Å². The quantitative estimate of drug-likeness (QED) is 0.0320. The van der Waals surface area contributed by atoms with Gasteiger partial charge in [-0.1, -0.05) is 326 Å². The molecule has 0 bridgehead atoms. The maximum absolute atomic E-state index is 12.5. The van der Waals surface area contributed by atoms with E-state index in [-0.39, 0.29) is 18.5 Å². The monoisotopic (exact) mass is 1090 g/mol. The summed E-state index contributed by atoms with van der Waals surface area (Å²) in [5.74, 6) is -0.0610. The highest BCUT2D eigenvalue weighted by molar-refractivity contribution is 5.76. The molecule has 3 N–H and O–H groups in total. The molecule has 458 valence electrons. The molecule has 0 aromatic carbocycles. The van der Waals surface area contributed by atoms with Crippen LogP contribution in [0.15, 0.2) is 48.6 Å². The highest BCUT2D eigenvalue weighted by Crippen LogP contribution is 2.18. The number of aliphatic hydroxyl groups excluding tert-OH is 2. The van der Waals surface area contributed by atoms with Crippen molar-refractivity contribution in [2.45, 2.75) is 386 Å². The largest absolute Gasteiger partial charge is 0.466 e. The number of hydrogen-bond donors (Lipinski definition) is 3. The average molecular weight is 1090 g/mol. The van der Waals surface area contributed by atoms with Gasteiger partial charge in [0.25, 0.3) is 0 Å². The molecular weight excluding hydrogens is 959 g/mol. The van der Waals surface area contributed by atoms with Crippen molar-refractivity contribution >= 4 is 11.9 Å². The normalized spacial score (nSPS) is 12.8. The summed E-state index contributed by atoms with van der Waals surface area (Å²) in [6, 6.07) is -0.627. The zero-order chi connectivity index (χ0) is 56.4. The van der Waals surface area contributed by atoms with E-state index in [9.17, 15) is 19.8 Å². The molecular formula is C72H135NO5. The molecule has 0 aliphatic carbocycles. The van der Waals surface area contributed by atoms with Gasteiger partial charge in [-0.15, -0.1) is 0 Å². The van der Waals surface area contributed by atoms with Crippen LogP contribution < -0.4 is 5.32 Å². The molecule has 2 unspecified atom stereocenters. The molecule has 0 fully saturated rings. The van der Waals surface area contributed by atoms with Gasteiger partial charge in [0.15, 0.2) is 0 Å². The molecule has 6 nitrogen and oxygen atoms in total. The molecule has 0 aromatic rings. The highest BCUT2D eigenvalue weighted by Gasteiger charge is 2.18. The van der Waals surface area contributed by atoms with Crippen molar-refractivity contribution in [1.82, 2.24) is 5.32 Å². The molecule has 0 aromatic heterocycles. The van der Waals surface area contributed by atoms with Crippen LogP contribution >= 0.6 is 0 Å². The Balaban J connectivity index is 3.41. The summed E-state index contributed by atoms with van der Waals surface area (Å²) in [5.41, 5.74) is 0. The molecule has 0 saturated carbocycles. The van der Waals surface area contributed by atoms with E-state index in [2.05, 4.69) is 55.6 Å². The summed E-state index contributed by atoms with van der Waals surface area (Å²) in [6.45, 7) is 4.88. The molecule has 0 radical (unpaired) electrons. The van der Waals surface area contributed by atoms with Crippen molar-refractivity contribution in [2.24, 2.45) is 0 Å². The number of allylic oxidation sites excluding steroid dienone is 7. The number of unbranched alkanes of at least 4 members (excludes halogenated alkanes) is 48. The van der Waals surface area contributed by atoms with Gasteiger partial charge in [0.2, 0.25) is 5.91 Å². The van der Waals surface area contributed by atoms with Crippen LogP contribution in [0.5, 0.6) is 0 Å². The van der Waals surface area contributed by atoms with Crippen molar-refractivity contribution in [3.63, 3.8) is 0 Å². The van der Waals surface area contributed by atoms with Gasteiger partial charge < -0.3 is 20.3 Å². The molecule has 2 atom stereocenters. The van der Waals surface area contributed by atoms with Crippen LogP contribution in [0, 0.1) is 0 Å². The Morgan fingerprint density at radius 1 is 0.359 bits per heavy atom. The number of nitrogens with one attached hydrogen (secondary N) is 1. The summed E-state index contributed by atoms with van der Waals surface area (Å²) in [5, 5.41) is 23.2. The van der Waals surface area contributed by atoms with Crippen LogP contribution in [-0.2, 0) is 14.3 Å². The van der Waals surface area contributed by atoms with Crippen LogP contribution in [0.4, 0.5) is 0 Å². The van der Waals surface area contributed by atoms with Crippen LogP contribution in [0.2, 0.25) is 0 Å². The fourth-order valence-corrected chi connectivity index (χ4v) is 10.7. The van der Waals surface area contributed by atoms with Gasteiger partial charge in [0.05, 0.1) is 25.4 Å². The third-order valence-corrected chi connectivity index (χ3v) is 16.1. The van der Waals surface area contributed by atoms with Crippen LogP contribution in [0.25, 0.3) is 0 Å². The Morgan fingerprint density at radius 3 is 1.03 bits per heavy atom. The summed E-state index contributed by atoms with van der Waals surface area (Å²) >= 11 is 0. The van der Waals surface area contributed by atoms with Crippen LogP contribution in [-0.4, -0.2) is 47.4 Å². The number of ether oxygens (including phenoxy) is 1. The standard InChI is InChI=1S/C72H135NO5/c1-3-5-7-9-11-13-15-16-17-35-38-41-45-48-52-56-60-64-70(75)69(68-74)73-71(76)65-61-57-53-49-46-42-39-36-33-31-29-27-25-23-21-19-18-20-22-24-26-28-30-32-34-37-40-43-47-51-55-59-63-67-78-72(77)66-62-58-54-50-44-14-12-10-8-6-4-2/h10,12,22,24,28,30,60,64,69-70,74-75H,3-9,11,13-21,23,25-27,29,31-59,61-63,65-68H2,1-2H3,(H,73,76)/b12-10-,24-22-,30-28-,64-60+. The van der Waals surface area contributed by atoms with E-state index in [4.69, 9.17) is 4.74 Å². The first-order valence-corrected chi connectivity index (χ1v) is 34.9. The minimum atomic E-state index is -0.844. The number of esters is 1. The zero-order valence-corrected chi connectivity index (χ0v) is 52.4. The number of hydrogen-bond acceptors (Lipinski definition) is 5. The molecule has 0 heterocycles. The number of carbonyl (C=O) groups is 2. The summed E-state index contributed by atoms with van der Waals surface area (Å²) < 4.78 is 5.46. The van der Waals surface area contributed by atoms with Gasteiger partial charge in [-0.25, -0.2) is 0 Å². The van der Waals surface area contributed by atoms with Gasteiger partial charge in [-0.3, -0.25) is 9.59 Å². The van der Waals surface area contributed by atoms with Crippen molar-refractivity contribution in [3.05, 3.63) is 48.6 Å². The third kappa shape index (κ3) is 63.0. The lowest BCUT2D eigenvalue weighted by Crippen LogP contribution is -2.45. The average Bonchev–Trinajstić information content (AvgIpc) is 3.44. The fraction of sp³-hybridized carbons (Fsp3) is 0.861. The predicted molar refractivity (Wildman–Crippen MR) is 342 cm³/mol. The maximum atomic E-state index is 12.5. The minimum absolute atomic E-state index is 0.00271. The van der Waals surface area contributed by atoms with Crippen molar-refractivity contribution in [1.29, 1.82) is 0 Å². The van der Waals surface area contributed by atoms with Crippen molar-refractivity contribution in [3.8, 4) is 0 Å². The smallest absolute Gasteiger partial charge is 0.305 e. The van der Waals surface area contributed by atoms with E-state index in [1.807, 2.05) is 6.08 Å². The molecule has 0 aliphatic heterocycles. The van der Waals surface area contributed by atoms with Gasteiger partial charge in [-0.2, -0.15) is 0 Å². The van der Waals surface area contributed by atoms with E-state index in [1.165, 1.54) is 295 Å². The maximum Gasteiger partial charge on any atom is 0.305 e. The van der Waals surface area contributed by atoms with Gasteiger partial charge in [0.1, 0.15) is 0 Å². The Bertz CT molecular complexity index is 1310. The molecule has 0 rings (SSSR count). The van der Waals surface area contributed by atoms with E-state index >= 15 is 0 Å². The van der Waals surface area contributed by atoms with Crippen molar-refractivity contribution in [2.75, 3.05) is 13.2 Å². The Morgan fingerprint density at radius 2 is 0.654 bits per heavy atom. The number of carbonyl (C=O) groups excluding carboxylic acids is 2. The molecule has 0 aliphatic rings. The van der Waals surface area contributed by atoms with Crippen LogP contribution in [0.3, 0.4) is 0 Å². The molecule has 78 heavy (non-hydrogen) atoms. The minimum Gasteiger partial charge on any atom is -0.466 e. The van der Waals surface area contributed by atoms with Crippen LogP contribution in [0.1, 0.15) is 373 Å². The second-order valence-corrected chi connectivity index (χ2v) is 23.9. The lowest BCUT2D eigenvalue weighted by atomic mass is 10.0. The Hall–Kier alpha value is -2.18. The van der Waals surface area contributed by atoms with Gasteiger partial charge in [0, 0.05) is 12.8 Å². The van der Waals surface area contributed by atoms with Crippen molar-refractivity contribution < 1.29 is 24.5 Å². The molecule has 6 heteroatoms. The zero-order valence-electron chi connectivity index (χ0n) is 52.4. The second kappa shape index (κ2) is 67.3. The van der Waals surface area contributed by atoms with E-state index < -0.39 is 12.1 Å². The number of amides is 1. The van der Waals surface area contributed by atoms with Gasteiger partial charge >= 0.3 is 5.97 Å². The molecule has 1 amide bonds. The third-order valence-electron chi connectivity index (χ3n) is 16.1. The predicted octanol–water partition coefficient (Wildman–Crippen LogP) is 22.5. The first-order valence-electron chi connectivity index (χ1n) is 34.9. The Kier molecular flexibility index (Phi) is 65.4. The van der Waals surface area contributed by atoms with E-state index in [0.717, 1.165) is 51.4 Å². The summed E-state index contributed by atoms with van der Waals surface area (Å²) in [7, 11) is 0. The fourth-order valence-electron chi connectivity index (χ4n) is 10.7. The SMILES string of the molecule is CCCC/C=C\CCCCCCCC(=O)OCCCCCCCCCCC/C=C\C/C=C\CCCCCCCCCCCCCCCCCCCC(=O)NC(CO)C(O)/C=C/CCCCCCCCCCCCCCCCC. The second-order valence-electron chi connectivity index (χ2n) is 23.9. The van der Waals surface area contributed by atoms with E-state index in [0.29, 0.717) is 19.4 Å². The molecule has 0 saturated heterocycles. The summed E-state index contributed by atoms with van der Waals surface area (Å²) in [6.07, 6.45) is 87.7. The lowest BCUT2D eigenvalue weighted by molar-refractivity contribution is -0.143. The van der Waals surface area contributed by atoms with E-state index in [1.54, 1.807) is 6.08 Å². The highest BCUT2D eigenvalue weighted by atomic mass is 16.5. The van der Waals surface area contributed by atoms with Gasteiger partial charge in [-0.05, 0) is 83.5 Å². The topological polar surface area (TPSA) is 95.9 Å².